The highest BCUT2D eigenvalue weighted by atomic mass is 16.3. The van der Waals surface area contributed by atoms with Gasteiger partial charge in [-0.2, -0.15) is 14.9 Å². The van der Waals surface area contributed by atoms with Crippen LogP contribution in [0.15, 0.2) is 36.0 Å². The van der Waals surface area contributed by atoms with Crippen LogP contribution in [-0.2, 0) is 4.79 Å². The lowest BCUT2D eigenvalue weighted by Gasteiger charge is -2.13. The standard InChI is InChI=1S/C22H21N7O2/c1-12-6-13(10-23)2-5-17(12)26-18-9-19(25-16-3-4-16)29-21(27-18)15(11-24-29)7-14-8-20(30)28-22(14)31/h2,5-7,9,11,16,20,25,30H,3-4,8H2,1H3,(H,26,27)(H,28,31)/b14-7+. The maximum absolute atomic E-state index is 12.0. The van der Waals surface area contributed by atoms with E-state index in [9.17, 15) is 9.90 Å². The Morgan fingerprint density at radius 2 is 2.19 bits per heavy atom. The van der Waals surface area contributed by atoms with Crippen molar-refractivity contribution in [3.8, 4) is 6.07 Å². The summed E-state index contributed by atoms with van der Waals surface area (Å²) >= 11 is 0. The van der Waals surface area contributed by atoms with Crippen molar-refractivity contribution in [2.75, 3.05) is 10.6 Å². The molecule has 2 fully saturated rings. The predicted octanol–water partition coefficient (Wildman–Crippen LogP) is 2.45. The van der Waals surface area contributed by atoms with Crippen LogP contribution in [0.3, 0.4) is 0 Å². The number of aromatic nitrogens is 3. The van der Waals surface area contributed by atoms with Gasteiger partial charge in [-0.15, -0.1) is 0 Å². The Labute approximate surface area is 178 Å². The average molecular weight is 415 g/mol. The minimum Gasteiger partial charge on any atom is -0.373 e. The van der Waals surface area contributed by atoms with Gasteiger partial charge in [0.05, 0.1) is 17.8 Å². The van der Waals surface area contributed by atoms with Gasteiger partial charge in [-0.25, -0.2) is 4.98 Å². The number of benzene rings is 1. The molecule has 1 amide bonds. The molecule has 4 N–H and O–H groups in total. The molecule has 1 atom stereocenters. The first-order valence-electron chi connectivity index (χ1n) is 10.1. The van der Waals surface area contributed by atoms with Gasteiger partial charge in [0.2, 0.25) is 5.91 Å². The number of carbonyl (C=O) groups excluding carboxylic acids is 1. The molecule has 9 nitrogen and oxygen atoms in total. The number of nitrogens with one attached hydrogen (secondary N) is 3. The number of fused-ring (bicyclic) bond motifs is 1. The summed E-state index contributed by atoms with van der Waals surface area (Å²) in [6.45, 7) is 1.93. The van der Waals surface area contributed by atoms with Gasteiger partial charge < -0.3 is 21.1 Å². The highest BCUT2D eigenvalue weighted by Gasteiger charge is 2.26. The van der Waals surface area contributed by atoms with Crippen LogP contribution in [0.2, 0.25) is 0 Å². The van der Waals surface area contributed by atoms with E-state index in [4.69, 9.17) is 10.2 Å². The van der Waals surface area contributed by atoms with Crippen LogP contribution in [0.4, 0.5) is 17.3 Å². The van der Waals surface area contributed by atoms with E-state index in [1.807, 2.05) is 25.1 Å². The summed E-state index contributed by atoms with van der Waals surface area (Å²) in [4.78, 5) is 16.8. The summed E-state index contributed by atoms with van der Waals surface area (Å²) in [6, 6.07) is 9.90. The Morgan fingerprint density at radius 3 is 2.87 bits per heavy atom. The molecule has 156 valence electrons. The summed E-state index contributed by atoms with van der Waals surface area (Å²) in [7, 11) is 0. The van der Waals surface area contributed by atoms with E-state index < -0.39 is 6.23 Å². The van der Waals surface area contributed by atoms with Crippen molar-refractivity contribution >= 4 is 35.0 Å². The minimum atomic E-state index is -0.864. The zero-order valence-corrected chi connectivity index (χ0v) is 16.9. The van der Waals surface area contributed by atoms with Gasteiger partial charge in [0.15, 0.2) is 5.65 Å². The summed E-state index contributed by atoms with van der Waals surface area (Å²) in [5.41, 5.74) is 4.17. The molecule has 1 saturated heterocycles. The Bertz CT molecular complexity index is 1270. The van der Waals surface area contributed by atoms with Gasteiger partial charge in [0.25, 0.3) is 0 Å². The van der Waals surface area contributed by atoms with Crippen LogP contribution < -0.4 is 16.0 Å². The molecule has 1 aliphatic carbocycles. The van der Waals surface area contributed by atoms with Crippen LogP contribution in [0, 0.1) is 18.3 Å². The van der Waals surface area contributed by atoms with Crippen LogP contribution in [0.1, 0.15) is 36.0 Å². The SMILES string of the molecule is Cc1cc(C#N)ccc1Nc1cc(NC2CC2)n2ncc(/C=C3\CC(O)NC3=O)c2n1. The van der Waals surface area contributed by atoms with Crippen molar-refractivity contribution in [2.24, 2.45) is 0 Å². The molecule has 2 aromatic heterocycles. The highest BCUT2D eigenvalue weighted by molar-refractivity contribution is 6.00. The minimum absolute atomic E-state index is 0.242. The number of amides is 1. The Hall–Kier alpha value is -3.90. The van der Waals surface area contributed by atoms with E-state index in [2.05, 4.69) is 27.1 Å². The lowest BCUT2D eigenvalue weighted by atomic mass is 10.1. The fourth-order valence-electron chi connectivity index (χ4n) is 3.61. The van der Waals surface area contributed by atoms with Gasteiger partial charge in [0, 0.05) is 35.4 Å². The van der Waals surface area contributed by atoms with Gasteiger partial charge >= 0.3 is 0 Å². The van der Waals surface area contributed by atoms with Crippen molar-refractivity contribution in [2.45, 2.75) is 38.5 Å². The quantitative estimate of drug-likeness (QED) is 0.471. The molecule has 1 aromatic carbocycles. The fourth-order valence-corrected chi connectivity index (χ4v) is 3.61. The van der Waals surface area contributed by atoms with Gasteiger partial charge in [-0.1, -0.05) is 0 Å². The summed E-state index contributed by atoms with van der Waals surface area (Å²) < 4.78 is 1.73. The molecular weight excluding hydrogens is 394 g/mol. The maximum atomic E-state index is 12.0. The average Bonchev–Trinajstić information content (AvgIpc) is 3.38. The molecule has 5 rings (SSSR count). The molecule has 0 spiro atoms. The molecule has 1 saturated carbocycles. The van der Waals surface area contributed by atoms with E-state index >= 15 is 0 Å². The van der Waals surface area contributed by atoms with Crippen LogP contribution in [-0.4, -0.2) is 37.9 Å². The second-order valence-electron chi connectivity index (χ2n) is 7.91. The first-order chi connectivity index (χ1) is 15.0. The molecule has 31 heavy (non-hydrogen) atoms. The van der Waals surface area contributed by atoms with Crippen molar-refractivity contribution in [1.29, 1.82) is 5.26 Å². The molecule has 0 radical (unpaired) electrons. The number of aliphatic hydroxyl groups is 1. The maximum Gasteiger partial charge on any atom is 0.249 e. The third kappa shape index (κ3) is 3.81. The summed E-state index contributed by atoms with van der Waals surface area (Å²) in [6.07, 6.45) is 4.99. The lowest BCUT2D eigenvalue weighted by molar-refractivity contribution is -0.117. The number of hydrogen-bond donors (Lipinski definition) is 4. The highest BCUT2D eigenvalue weighted by Crippen LogP contribution is 2.29. The fraction of sp³-hybridized carbons (Fsp3) is 0.273. The van der Waals surface area contributed by atoms with E-state index in [-0.39, 0.29) is 12.3 Å². The smallest absolute Gasteiger partial charge is 0.249 e. The number of aryl methyl sites for hydroxylation is 1. The van der Waals surface area contributed by atoms with Gasteiger partial charge in [-0.3, -0.25) is 4.79 Å². The molecule has 3 heterocycles. The topological polar surface area (TPSA) is 127 Å². The van der Waals surface area contributed by atoms with E-state index in [0.29, 0.717) is 34.2 Å². The monoisotopic (exact) mass is 415 g/mol. The summed E-state index contributed by atoms with van der Waals surface area (Å²) in [5.74, 6) is 1.15. The Kier molecular flexibility index (Phi) is 4.56. The number of anilines is 3. The van der Waals surface area contributed by atoms with Crippen molar-refractivity contribution in [1.82, 2.24) is 19.9 Å². The zero-order chi connectivity index (χ0) is 21.5. The van der Waals surface area contributed by atoms with Crippen LogP contribution >= 0.6 is 0 Å². The van der Waals surface area contributed by atoms with E-state index in [0.717, 1.165) is 29.9 Å². The van der Waals surface area contributed by atoms with E-state index in [1.54, 1.807) is 22.9 Å². The van der Waals surface area contributed by atoms with Crippen molar-refractivity contribution < 1.29 is 9.90 Å². The number of rotatable bonds is 5. The Morgan fingerprint density at radius 1 is 1.35 bits per heavy atom. The van der Waals surface area contributed by atoms with E-state index in [1.165, 1.54) is 0 Å². The van der Waals surface area contributed by atoms with Gasteiger partial charge in [-0.05, 0) is 49.6 Å². The number of nitriles is 1. The molecular formula is C22H21N7O2. The molecule has 3 aromatic rings. The largest absolute Gasteiger partial charge is 0.373 e. The molecule has 9 heteroatoms. The molecule has 1 unspecified atom stereocenters. The van der Waals surface area contributed by atoms with Crippen LogP contribution in [0.25, 0.3) is 11.7 Å². The number of carbonyl (C=O) groups is 1. The third-order valence-corrected chi connectivity index (χ3v) is 5.38. The molecule has 1 aliphatic heterocycles. The second kappa shape index (κ2) is 7.41. The second-order valence-corrected chi connectivity index (χ2v) is 7.91. The predicted molar refractivity (Wildman–Crippen MR) is 116 cm³/mol. The first kappa shape index (κ1) is 19.1. The van der Waals surface area contributed by atoms with Crippen molar-refractivity contribution in [3.63, 3.8) is 0 Å². The molecule has 2 aliphatic rings. The zero-order valence-electron chi connectivity index (χ0n) is 16.9. The Balaban J connectivity index is 1.56. The number of nitrogens with zero attached hydrogens (tertiary/aromatic N) is 4. The van der Waals surface area contributed by atoms with Crippen molar-refractivity contribution in [3.05, 3.63) is 52.7 Å². The number of hydrogen-bond acceptors (Lipinski definition) is 7. The van der Waals surface area contributed by atoms with Crippen LogP contribution in [0.5, 0.6) is 0 Å². The summed E-state index contributed by atoms with van der Waals surface area (Å²) in [5, 5.41) is 32.5. The normalized spacial score (nSPS) is 19.5. The third-order valence-electron chi connectivity index (χ3n) is 5.38. The number of aliphatic hydroxyl groups excluding tert-OH is 1. The first-order valence-corrected chi connectivity index (χ1v) is 10.1. The van der Waals surface area contributed by atoms with Gasteiger partial charge in [0.1, 0.15) is 17.9 Å². The lowest BCUT2D eigenvalue weighted by Crippen LogP contribution is -2.24. The molecule has 0 bridgehead atoms.